The zero-order chi connectivity index (χ0) is 23.9. The van der Waals surface area contributed by atoms with Crippen LogP contribution in [-0.4, -0.2) is 23.8 Å². The lowest BCUT2D eigenvalue weighted by Gasteiger charge is -2.50. The highest BCUT2D eigenvalue weighted by atomic mass is 19.1. The van der Waals surface area contributed by atoms with E-state index in [4.69, 9.17) is 4.74 Å². The number of amides is 1. The highest BCUT2D eigenvalue weighted by Crippen LogP contribution is 2.62. The molecule has 5 rings (SSSR count). The SMILES string of the molecule is COc1ccc(NC(=O)CCC[C@@H]2CC(=O)[C@@]3(C)CCC4c5ccc(F)cc5CCC4C23)nc1. The van der Waals surface area contributed by atoms with Crippen LogP contribution in [0.4, 0.5) is 10.2 Å². The lowest BCUT2D eigenvalue weighted by Crippen LogP contribution is -2.44. The summed E-state index contributed by atoms with van der Waals surface area (Å²) in [6, 6.07) is 8.76. The number of carbonyl (C=O) groups excluding carboxylic acids is 2. The van der Waals surface area contributed by atoms with Crippen LogP contribution in [0.2, 0.25) is 0 Å². The number of nitrogens with one attached hydrogen (secondary N) is 1. The van der Waals surface area contributed by atoms with Crippen molar-refractivity contribution in [3.63, 3.8) is 0 Å². The van der Waals surface area contributed by atoms with E-state index >= 15 is 0 Å². The number of methoxy groups -OCH3 is 1. The molecule has 3 unspecified atom stereocenters. The fourth-order valence-electron chi connectivity index (χ4n) is 7.18. The van der Waals surface area contributed by atoms with Crippen molar-refractivity contribution in [3.8, 4) is 5.75 Å². The number of nitrogens with zero attached hydrogens (tertiary/aromatic N) is 1. The van der Waals surface area contributed by atoms with E-state index in [9.17, 15) is 14.0 Å². The molecule has 0 saturated heterocycles. The molecular formula is C28H33FN2O3. The average molecular weight is 465 g/mol. The zero-order valence-corrected chi connectivity index (χ0v) is 20.0. The predicted octanol–water partition coefficient (Wildman–Crippen LogP) is 5.69. The summed E-state index contributed by atoms with van der Waals surface area (Å²) < 4.78 is 18.9. The number of ketones is 1. The molecule has 2 fully saturated rings. The molecule has 5 nitrogen and oxygen atoms in total. The Kier molecular flexibility index (Phi) is 6.17. The summed E-state index contributed by atoms with van der Waals surface area (Å²) in [6.45, 7) is 2.18. The maximum atomic E-state index is 13.8. The highest BCUT2D eigenvalue weighted by Gasteiger charge is 2.58. The molecule has 0 aliphatic heterocycles. The van der Waals surface area contributed by atoms with Gasteiger partial charge in [-0.2, -0.15) is 0 Å². The third kappa shape index (κ3) is 4.12. The van der Waals surface area contributed by atoms with Crippen molar-refractivity contribution in [1.82, 2.24) is 4.98 Å². The lowest BCUT2D eigenvalue weighted by molar-refractivity contribution is -0.129. The van der Waals surface area contributed by atoms with Gasteiger partial charge in [-0.3, -0.25) is 9.59 Å². The van der Waals surface area contributed by atoms with E-state index in [2.05, 4.69) is 17.2 Å². The fraction of sp³-hybridized carbons (Fsp3) is 0.536. The number of ether oxygens (including phenoxy) is 1. The molecule has 0 bridgehead atoms. The number of Topliss-reactive ketones (excluding diaryl/α,β-unsaturated/α-hetero) is 1. The molecule has 2 saturated carbocycles. The van der Waals surface area contributed by atoms with Crippen molar-refractivity contribution in [1.29, 1.82) is 0 Å². The molecule has 1 aromatic heterocycles. The van der Waals surface area contributed by atoms with Crippen LogP contribution in [0.15, 0.2) is 36.5 Å². The summed E-state index contributed by atoms with van der Waals surface area (Å²) in [5, 5.41) is 2.85. The van der Waals surface area contributed by atoms with E-state index in [0.29, 0.717) is 53.9 Å². The van der Waals surface area contributed by atoms with E-state index in [-0.39, 0.29) is 17.1 Å². The number of anilines is 1. The van der Waals surface area contributed by atoms with Gasteiger partial charge in [0.25, 0.3) is 0 Å². The Morgan fingerprint density at radius 3 is 2.88 bits per heavy atom. The van der Waals surface area contributed by atoms with Gasteiger partial charge < -0.3 is 10.1 Å². The van der Waals surface area contributed by atoms with Gasteiger partial charge in [-0.05, 0) is 97.6 Å². The quantitative estimate of drug-likeness (QED) is 0.596. The van der Waals surface area contributed by atoms with Gasteiger partial charge in [0.1, 0.15) is 23.2 Å². The highest BCUT2D eigenvalue weighted by molar-refractivity contribution is 5.90. The normalized spacial score (nSPS) is 29.7. The number of hydrogen-bond acceptors (Lipinski definition) is 4. The first-order valence-corrected chi connectivity index (χ1v) is 12.5. The van der Waals surface area contributed by atoms with Crippen LogP contribution in [0.5, 0.6) is 5.75 Å². The van der Waals surface area contributed by atoms with E-state index in [0.717, 1.165) is 44.1 Å². The van der Waals surface area contributed by atoms with Crippen LogP contribution in [0.25, 0.3) is 0 Å². The zero-order valence-electron chi connectivity index (χ0n) is 20.0. The second-order valence-electron chi connectivity index (χ2n) is 10.5. The van der Waals surface area contributed by atoms with Crippen LogP contribution >= 0.6 is 0 Å². The lowest BCUT2D eigenvalue weighted by atomic mass is 9.54. The Morgan fingerprint density at radius 1 is 1.26 bits per heavy atom. The second-order valence-corrected chi connectivity index (χ2v) is 10.5. The van der Waals surface area contributed by atoms with Crippen LogP contribution in [0.3, 0.4) is 0 Å². The molecule has 1 N–H and O–H groups in total. The summed E-state index contributed by atoms with van der Waals surface area (Å²) in [7, 11) is 1.58. The van der Waals surface area contributed by atoms with E-state index in [1.807, 2.05) is 6.07 Å². The van der Waals surface area contributed by atoms with E-state index < -0.39 is 0 Å². The molecular weight excluding hydrogens is 431 g/mol. The molecule has 2 aromatic rings. The molecule has 180 valence electrons. The summed E-state index contributed by atoms with van der Waals surface area (Å²) in [5.41, 5.74) is 2.19. The van der Waals surface area contributed by atoms with Gasteiger partial charge in [-0.15, -0.1) is 0 Å². The molecule has 1 aromatic carbocycles. The van der Waals surface area contributed by atoms with Gasteiger partial charge in [0.05, 0.1) is 13.3 Å². The molecule has 1 heterocycles. The summed E-state index contributed by atoms with van der Waals surface area (Å²) >= 11 is 0. The number of carbonyl (C=O) groups is 2. The Morgan fingerprint density at radius 2 is 2.12 bits per heavy atom. The van der Waals surface area contributed by atoms with Crippen molar-refractivity contribution in [3.05, 3.63) is 53.5 Å². The van der Waals surface area contributed by atoms with Crippen LogP contribution in [-0.2, 0) is 16.0 Å². The monoisotopic (exact) mass is 464 g/mol. The number of pyridine rings is 1. The van der Waals surface area contributed by atoms with Gasteiger partial charge >= 0.3 is 0 Å². The maximum absolute atomic E-state index is 13.8. The summed E-state index contributed by atoms with van der Waals surface area (Å²) in [6.07, 6.45) is 8.09. The van der Waals surface area contributed by atoms with Crippen molar-refractivity contribution < 1.29 is 18.7 Å². The molecule has 5 atom stereocenters. The van der Waals surface area contributed by atoms with Gasteiger partial charge in [-0.25, -0.2) is 9.37 Å². The van der Waals surface area contributed by atoms with Crippen molar-refractivity contribution in [2.24, 2.45) is 23.2 Å². The standard InChI is InChI=1S/C28H33FN2O3/c1-28-13-12-22-21-10-7-19(29)14-17(21)6-9-23(22)27(28)18(15-24(28)32)4-3-5-26(33)31-25-11-8-20(34-2)16-30-25/h7-8,10-11,14,16,18,22-23,27H,3-6,9,12-13,15H2,1-2H3,(H,30,31,33)/t18-,22?,23?,27?,28-/m1/s1. The number of halogens is 1. The van der Waals surface area contributed by atoms with E-state index in [1.165, 1.54) is 5.56 Å². The summed E-state index contributed by atoms with van der Waals surface area (Å²) in [4.78, 5) is 29.8. The minimum atomic E-state index is -0.251. The fourth-order valence-corrected chi connectivity index (χ4v) is 7.18. The summed E-state index contributed by atoms with van der Waals surface area (Å²) in [5.74, 6) is 2.90. The van der Waals surface area contributed by atoms with Crippen LogP contribution in [0, 0.1) is 29.0 Å². The van der Waals surface area contributed by atoms with Gasteiger partial charge in [0, 0.05) is 18.3 Å². The minimum Gasteiger partial charge on any atom is -0.495 e. The Labute approximate surface area is 200 Å². The smallest absolute Gasteiger partial charge is 0.225 e. The minimum absolute atomic E-state index is 0.0557. The Hall–Kier alpha value is -2.76. The number of fused-ring (bicyclic) bond motifs is 5. The molecule has 0 spiro atoms. The van der Waals surface area contributed by atoms with Gasteiger partial charge in [-0.1, -0.05) is 13.0 Å². The molecule has 6 heteroatoms. The maximum Gasteiger partial charge on any atom is 0.225 e. The van der Waals surface area contributed by atoms with Crippen molar-refractivity contribution in [2.45, 2.75) is 64.2 Å². The molecule has 3 aliphatic carbocycles. The second kappa shape index (κ2) is 9.12. The number of aromatic nitrogens is 1. The topological polar surface area (TPSA) is 68.3 Å². The van der Waals surface area contributed by atoms with Gasteiger partial charge in [0.15, 0.2) is 0 Å². The van der Waals surface area contributed by atoms with Crippen LogP contribution in [0.1, 0.15) is 68.9 Å². The van der Waals surface area contributed by atoms with Crippen molar-refractivity contribution in [2.75, 3.05) is 12.4 Å². The molecule has 3 aliphatic rings. The predicted molar refractivity (Wildman–Crippen MR) is 128 cm³/mol. The van der Waals surface area contributed by atoms with Gasteiger partial charge in [0.2, 0.25) is 5.91 Å². The third-order valence-corrected chi connectivity index (χ3v) is 8.75. The van der Waals surface area contributed by atoms with Crippen LogP contribution < -0.4 is 10.1 Å². The first kappa shape index (κ1) is 23.0. The number of hydrogen-bond donors (Lipinski definition) is 1. The molecule has 0 radical (unpaired) electrons. The average Bonchev–Trinajstić information content (AvgIpc) is 3.09. The van der Waals surface area contributed by atoms with E-state index in [1.54, 1.807) is 37.6 Å². The largest absolute Gasteiger partial charge is 0.495 e. The first-order valence-electron chi connectivity index (χ1n) is 12.5. The first-order chi connectivity index (χ1) is 16.4. The van der Waals surface area contributed by atoms with Crippen molar-refractivity contribution >= 4 is 17.5 Å². The number of rotatable bonds is 6. The Bertz CT molecular complexity index is 1090. The molecule has 34 heavy (non-hydrogen) atoms. The Balaban J connectivity index is 1.24. The number of aryl methyl sites for hydroxylation is 1. The third-order valence-electron chi connectivity index (χ3n) is 8.75. The number of benzene rings is 1. The molecule has 1 amide bonds.